The third kappa shape index (κ3) is 6.39. The molecule has 41 heavy (non-hydrogen) atoms. The highest BCUT2D eigenvalue weighted by molar-refractivity contribution is 5.77. The van der Waals surface area contributed by atoms with Crippen molar-refractivity contribution in [1.29, 1.82) is 0 Å². The van der Waals surface area contributed by atoms with E-state index >= 15 is 0 Å². The molecule has 2 aromatic carbocycles. The SMILES string of the molecule is COc1ccc(-c2cccnc2[C@H](Cc2cc(F)cc(F)c2)NC(=O)Cn2nc(C(F)(F)F)c3c2CCCC3)cc1. The molecule has 2 heterocycles. The smallest absolute Gasteiger partial charge is 0.435 e. The maximum Gasteiger partial charge on any atom is 0.435 e. The Morgan fingerprint density at radius 3 is 2.44 bits per heavy atom. The zero-order valence-electron chi connectivity index (χ0n) is 22.1. The molecule has 1 aliphatic rings. The number of fused-ring (bicyclic) bond motifs is 1. The van der Waals surface area contributed by atoms with Gasteiger partial charge in [0.05, 0.1) is 18.8 Å². The Kier molecular flexibility index (Phi) is 8.05. The van der Waals surface area contributed by atoms with Crippen LogP contribution >= 0.6 is 0 Å². The van der Waals surface area contributed by atoms with Gasteiger partial charge in [-0.15, -0.1) is 0 Å². The highest BCUT2D eigenvalue weighted by Gasteiger charge is 2.39. The van der Waals surface area contributed by atoms with E-state index in [9.17, 15) is 26.7 Å². The Bertz CT molecular complexity index is 1530. The highest BCUT2D eigenvalue weighted by Crippen LogP contribution is 2.36. The minimum atomic E-state index is -4.63. The fraction of sp³-hybridized carbons (Fsp3) is 0.300. The lowest BCUT2D eigenvalue weighted by Crippen LogP contribution is -2.34. The summed E-state index contributed by atoms with van der Waals surface area (Å²) >= 11 is 0. The van der Waals surface area contributed by atoms with E-state index in [1.165, 1.54) is 6.20 Å². The van der Waals surface area contributed by atoms with Gasteiger partial charge in [-0.2, -0.15) is 18.3 Å². The molecule has 0 aliphatic heterocycles. The van der Waals surface area contributed by atoms with E-state index in [-0.39, 0.29) is 24.0 Å². The normalized spacial score (nSPS) is 13.9. The molecule has 0 unspecified atom stereocenters. The van der Waals surface area contributed by atoms with Gasteiger partial charge in [-0.3, -0.25) is 14.5 Å². The zero-order valence-corrected chi connectivity index (χ0v) is 22.1. The van der Waals surface area contributed by atoms with Gasteiger partial charge in [-0.05, 0) is 73.6 Å². The summed E-state index contributed by atoms with van der Waals surface area (Å²) in [7, 11) is 1.54. The molecule has 1 atom stereocenters. The molecular weight excluding hydrogens is 543 g/mol. The van der Waals surface area contributed by atoms with Crippen molar-refractivity contribution >= 4 is 5.91 Å². The molecule has 0 bridgehead atoms. The third-order valence-corrected chi connectivity index (χ3v) is 7.09. The number of halogens is 5. The summed E-state index contributed by atoms with van der Waals surface area (Å²) in [5.41, 5.74) is 1.69. The van der Waals surface area contributed by atoms with Crippen molar-refractivity contribution in [3.05, 3.63) is 101 Å². The number of carbonyl (C=O) groups excluding carboxylic acids is 1. The second kappa shape index (κ2) is 11.7. The predicted octanol–water partition coefficient (Wildman–Crippen LogP) is 6.23. The molecular formula is C30H27F5N4O2. The van der Waals surface area contributed by atoms with Crippen LogP contribution in [0.5, 0.6) is 5.75 Å². The van der Waals surface area contributed by atoms with Crippen molar-refractivity contribution in [1.82, 2.24) is 20.1 Å². The summed E-state index contributed by atoms with van der Waals surface area (Å²) in [6, 6.07) is 12.9. The minimum absolute atomic E-state index is 0.0222. The molecule has 4 aromatic rings. The van der Waals surface area contributed by atoms with Gasteiger partial charge < -0.3 is 10.1 Å². The van der Waals surface area contributed by atoms with Crippen LogP contribution in [0.1, 0.15) is 47.1 Å². The quantitative estimate of drug-likeness (QED) is 0.255. The van der Waals surface area contributed by atoms with Crippen molar-refractivity contribution in [3.63, 3.8) is 0 Å². The third-order valence-electron chi connectivity index (χ3n) is 7.09. The number of methoxy groups -OCH3 is 1. The standard InChI is InChI=1S/C30H27F5N4O2/c1-41-22-10-8-19(9-11-22)23-6-4-12-36-28(23)25(15-18-13-20(31)16-21(32)14-18)37-27(40)17-39-26-7-3-2-5-24(26)29(38-39)30(33,34)35/h4,6,8-14,16,25H,2-3,5,7,15,17H2,1H3,(H,37,40)/t25-/m0/s1. The second-order valence-electron chi connectivity index (χ2n) is 9.90. The summed E-state index contributed by atoms with van der Waals surface area (Å²) in [5, 5.41) is 6.62. The first-order chi connectivity index (χ1) is 19.6. The number of nitrogens with zero attached hydrogens (tertiary/aromatic N) is 3. The fourth-order valence-electron chi connectivity index (χ4n) is 5.30. The molecule has 0 saturated heterocycles. The summed E-state index contributed by atoms with van der Waals surface area (Å²) in [4.78, 5) is 17.9. The molecule has 2 aromatic heterocycles. The van der Waals surface area contributed by atoms with Gasteiger partial charge in [-0.1, -0.05) is 18.2 Å². The number of rotatable bonds is 8. The van der Waals surface area contributed by atoms with Crippen molar-refractivity contribution in [2.45, 2.75) is 50.9 Å². The first kappa shape index (κ1) is 28.3. The molecule has 11 heteroatoms. The van der Waals surface area contributed by atoms with E-state index < -0.39 is 42.0 Å². The second-order valence-corrected chi connectivity index (χ2v) is 9.90. The molecule has 6 nitrogen and oxygen atoms in total. The van der Waals surface area contributed by atoms with Crippen molar-refractivity contribution in [3.8, 4) is 16.9 Å². The fourth-order valence-corrected chi connectivity index (χ4v) is 5.30. The lowest BCUT2D eigenvalue weighted by atomic mass is 9.95. The number of benzene rings is 2. The number of hydrogen-bond donors (Lipinski definition) is 1. The van der Waals surface area contributed by atoms with Crippen LogP contribution in [0, 0.1) is 11.6 Å². The van der Waals surface area contributed by atoms with Gasteiger partial charge in [-0.25, -0.2) is 8.78 Å². The molecule has 0 saturated carbocycles. The lowest BCUT2D eigenvalue weighted by molar-refractivity contribution is -0.142. The van der Waals surface area contributed by atoms with Gasteiger partial charge in [0.1, 0.15) is 23.9 Å². The summed E-state index contributed by atoms with van der Waals surface area (Å²) < 4.78 is 75.4. The van der Waals surface area contributed by atoms with E-state index in [4.69, 9.17) is 4.74 Å². The summed E-state index contributed by atoms with van der Waals surface area (Å²) in [5.74, 6) is -1.52. The molecule has 0 fully saturated rings. The van der Waals surface area contributed by atoms with Crippen LogP contribution in [0.4, 0.5) is 22.0 Å². The number of ether oxygens (including phenoxy) is 1. The van der Waals surface area contributed by atoms with E-state index in [2.05, 4.69) is 15.4 Å². The number of carbonyl (C=O) groups is 1. The average Bonchev–Trinajstić information content (AvgIpc) is 3.31. The number of alkyl halides is 3. The highest BCUT2D eigenvalue weighted by atomic mass is 19.4. The Labute approximate surface area is 233 Å². The van der Waals surface area contributed by atoms with E-state index in [0.29, 0.717) is 42.0 Å². The number of amides is 1. The monoisotopic (exact) mass is 570 g/mol. The Morgan fingerprint density at radius 2 is 1.76 bits per heavy atom. The van der Waals surface area contributed by atoms with Gasteiger partial charge in [0, 0.05) is 29.1 Å². The number of nitrogens with one attached hydrogen (secondary N) is 1. The molecule has 0 radical (unpaired) electrons. The van der Waals surface area contributed by atoms with Crippen LogP contribution in [0.15, 0.2) is 60.8 Å². The van der Waals surface area contributed by atoms with Gasteiger partial charge in [0.2, 0.25) is 5.91 Å². The molecule has 5 rings (SSSR count). The van der Waals surface area contributed by atoms with Crippen LogP contribution < -0.4 is 10.1 Å². The minimum Gasteiger partial charge on any atom is -0.497 e. The van der Waals surface area contributed by atoms with Gasteiger partial charge in [0.15, 0.2) is 5.69 Å². The number of aromatic nitrogens is 3. The lowest BCUT2D eigenvalue weighted by Gasteiger charge is -2.22. The summed E-state index contributed by atoms with van der Waals surface area (Å²) in [6.07, 6.45) is -1.16. The van der Waals surface area contributed by atoms with Crippen LogP contribution in [-0.4, -0.2) is 27.8 Å². The van der Waals surface area contributed by atoms with E-state index in [1.807, 2.05) is 12.1 Å². The van der Waals surface area contributed by atoms with Crippen molar-refractivity contribution < 1.29 is 31.5 Å². The largest absolute Gasteiger partial charge is 0.497 e. The summed E-state index contributed by atoms with van der Waals surface area (Å²) in [6.45, 7) is -0.447. The maximum absolute atomic E-state index is 14.0. The van der Waals surface area contributed by atoms with Crippen LogP contribution in [-0.2, 0) is 36.8 Å². The van der Waals surface area contributed by atoms with E-state index in [1.54, 1.807) is 31.4 Å². The molecule has 1 N–H and O–H groups in total. The van der Waals surface area contributed by atoms with Crippen molar-refractivity contribution in [2.75, 3.05) is 7.11 Å². The van der Waals surface area contributed by atoms with Gasteiger partial charge >= 0.3 is 6.18 Å². The molecule has 1 aliphatic carbocycles. The Morgan fingerprint density at radius 1 is 1.05 bits per heavy atom. The molecule has 1 amide bonds. The average molecular weight is 571 g/mol. The number of hydrogen-bond acceptors (Lipinski definition) is 4. The van der Waals surface area contributed by atoms with Crippen LogP contribution in [0.25, 0.3) is 11.1 Å². The Hall–Kier alpha value is -4.28. The Balaban J connectivity index is 1.49. The van der Waals surface area contributed by atoms with Crippen LogP contribution in [0.3, 0.4) is 0 Å². The topological polar surface area (TPSA) is 69.0 Å². The van der Waals surface area contributed by atoms with Crippen LogP contribution in [0.2, 0.25) is 0 Å². The number of pyridine rings is 1. The first-order valence-corrected chi connectivity index (χ1v) is 13.1. The first-order valence-electron chi connectivity index (χ1n) is 13.1. The molecule has 0 spiro atoms. The zero-order chi connectivity index (χ0) is 29.1. The predicted molar refractivity (Wildman–Crippen MR) is 141 cm³/mol. The van der Waals surface area contributed by atoms with E-state index in [0.717, 1.165) is 28.4 Å². The maximum atomic E-state index is 14.0. The van der Waals surface area contributed by atoms with Crippen molar-refractivity contribution in [2.24, 2.45) is 0 Å². The molecule has 214 valence electrons. The van der Waals surface area contributed by atoms with Gasteiger partial charge in [0.25, 0.3) is 0 Å².